The second-order valence-electron chi connectivity index (χ2n) is 2.64. The van der Waals surface area contributed by atoms with E-state index in [9.17, 15) is 10.2 Å². The Labute approximate surface area is 90.1 Å². The minimum Gasteiger partial charge on any atom is -0.504 e. The van der Waals surface area contributed by atoms with Crippen LogP contribution in [0.1, 0.15) is 0 Å². The Hall–Kier alpha value is -3.22. The molecule has 0 spiro atoms. The van der Waals surface area contributed by atoms with Crippen molar-refractivity contribution in [2.45, 2.75) is 0 Å². The van der Waals surface area contributed by atoms with Gasteiger partial charge in [-0.15, -0.1) is 0 Å². The van der Waals surface area contributed by atoms with E-state index in [1.807, 2.05) is 0 Å². The molecule has 0 aromatic rings. The van der Waals surface area contributed by atoms with Crippen LogP contribution in [0, 0.1) is 45.3 Å². The third-order valence-corrected chi connectivity index (χ3v) is 1.90. The molecule has 0 aromatic carbocycles. The Morgan fingerprint density at radius 1 is 0.688 bits per heavy atom. The summed E-state index contributed by atoms with van der Waals surface area (Å²) < 4.78 is 0. The van der Waals surface area contributed by atoms with Crippen LogP contribution < -0.4 is 0 Å². The van der Waals surface area contributed by atoms with Gasteiger partial charge in [-0.1, -0.05) is 0 Å². The molecule has 0 aliphatic heterocycles. The Kier molecular flexibility index (Phi) is 2.63. The fourth-order valence-corrected chi connectivity index (χ4v) is 1.17. The van der Waals surface area contributed by atoms with Gasteiger partial charge in [0.05, 0.1) is 11.1 Å². The molecular weight excluding hydrogens is 208 g/mol. The lowest BCUT2D eigenvalue weighted by molar-refractivity contribution is 0.320. The van der Waals surface area contributed by atoms with Crippen molar-refractivity contribution in [2.24, 2.45) is 0 Å². The minimum atomic E-state index is -0.656. The number of nitriles is 4. The second kappa shape index (κ2) is 3.88. The molecule has 0 aromatic heterocycles. The first-order valence-electron chi connectivity index (χ1n) is 3.84. The lowest BCUT2D eigenvalue weighted by Crippen LogP contribution is -2.16. The van der Waals surface area contributed by atoms with Crippen LogP contribution in [-0.2, 0) is 0 Å². The third-order valence-electron chi connectivity index (χ3n) is 1.90. The third kappa shape index (κ3) is 1.24. The summed E-state index contributed by atoms with van der Waals surface area (Å²) in [6, 6.07) is 5.99. The van der Waals surface area contributed by atoms with E-state index >= 15 is 0 Å². The van der Waals surface area contributed by atoms with Crippen molar-refractivity contribution in [3.63, 3.8) is 0 Å². The SMILES string of the molecule is N#CC(C#N)=C1C(O)=C(O)C1=C(C#N)C#N. The number of aliphatic hydroxyl groups excluding tert-OH is 2. The number of nitrogens with zero attached hydrogens (tertiary/aromatic N) is 4. The smallest absolute Gasteiger partial charge is 0.168 e. The maximum atomic E-state index is 9.24. The highest BCUT2D eigenvalue weighted by Crippen LogP contribution is 2.40. The van der Waals surface area contributed by atoms with Crippen LogP contribution in [0.3, 0.4) is 0 Å². The lowest BCUT2D eigenvalue weighted by Gasteiger charge is -2.21. The number of aliphatic hydroxyl groups is 2. The summed E-state index contributed by atoms with van der Waals surface area (Å²) in [4.78, 5) is 0. The highest BCUT2D eigenvalue weighted by atomic mass is 16.3. The summed E-state index contributed by atoms with van der Waals surface area (Å²) in [5, 5.41) is 52.8. The summed E-state index contributed by atoms with van der Waals surface area (Å²) in [5.74, 6) is -1.31. The molecule has 0 saturated heterocycles. The number of rotatable bonds is 0. The van der Waals surface area contributed by atoms with E-state index in [1.165, 1.54) is 24.3 Å². The highest BCUT2D eigenvalue weighted by molar-refractivity contribution is 5.74. The molecule has 0 bridgehead atoms. The van der Waals surface area contributed by atoms with Crippen LogP contribution in [0.5, 0.6) is 0 Å². The van der Waals surface area contributed by atoms with Gasteiger partial charge >= 0.3 is 0 Å². The zero-order valence-corrected chi connectivity index (χ0v) is 7.68. The Morgan fingerprint density at radius 2 is 0.938 bits per heavy atom. The summed E-state index contributed by atoms with van der Waals surface area (Å²) in [6.07, 6.45) is 0. The number of hydrogen-bond donors (Lipinski definition) is 2. The normalized spacial score (nSPS) is 12.8. The van der Waals surface area contributed by atoms with Gasteiger partial charge in [-0.2, -0.15) is 21.0 Å². The monoisotopic (exact) mass is 210 g/mol. The van der Waals surface area contributed by atoms with Crippen LogP contribution >= 0.6 is 0 Å². The number of hydrogen-bond acceptors (Lipinski definition) is 6. The van der Waals surface area contributed by atoms with Gasteiger partial charge in [0.25, 0.3) is 0 Å². The van der Waals surface area contributed by atoms with Gasteiger partial charge in [-0.25, -0.2) is 0 Å². The van der Waals surface area contributed by atoms with Gasteiger partial charge in [-0.05, 0) is 0 Å². The van der Waals surface area contributed by atoms with Crippen LogP contribution in [0.4, 0.5) is 0 Å². The van der Waals surface area contributed by atoms with Crippen LogP contribution in [0.25, 0.3) is 0 Å². The van der Waals surface area contributed by atoms with Crippen LogP contribution in [0.2, 0.25) is 0 Å². The topological polar surface area (TPSA) is 136 Å². The molecule has 2 N–H and O–H groups in total. The average molecular weight is 210 g/mol. The summed E-state index contributed by atoms with van der Waals surface area (Å²) in [6.45, 7) is 0. The van der Waals surface area contributed by atoms with Crippen LogP contribution in [-0.4, -0.2) is 10.2 Å². The van der Waals surface area contributed by atoms with Crippen molar-refractivity contribution in [2.75, 3.05) is 0 Å². The molecule has 0 amide bonds. The van der Waals surface area contributed by atoms with Crippen molar-refractivity contribution in [3.8, 4) is 24.3 Å². The molecule has 74 valence electrons. The average Bonchev–Trinajstić information content (AvgIpc) is 2.33. The molecule has 6 heteroatoms. The lowest BCUT2D eigenvalue weighted by atomic mass is 9.84. The summed E-state index contributed by atoms with van der Waals surface area (Å²) in [7, 11) is 0. The van der Waals surface area contributed by atoms with Gasteiger partial charge in [0.2, 0.25) is 0 Å². The molecule has 0 atom stereocenters. The summed E-state index contributed by atoms with van der Waals surface area (Å²) in [5.41, 5.74) is -1.46. The Bertz CT molecular complexity index is 536. The van der Waals surface area contributed by atoms with Crippen molar-refractivity contribution in [1.29, 1.82) is 21.0 Å². The molecule has 6 nitrogen and oxygen atoms in total. The van der Waals surface area contributed by atoms with E-state index in [2.05, 4.69) is 0 Å². The van der Waals surface area contributed by atoms with E-state index in [0.717, 1.165) is 0 Å². The summed E-state index contributed by atoms with van der Waals surface area (Å²) >= 11 is 0. The quantitative estimate of drug-likeness (QED) is 0.572. The molecule has 0 fully saturated rings. The van der Waals surface area contributed by atoms with E-state index < -0.39 is 22.7 Å². The molecule has 0 saturated carbocycles. The molecule has 1 aliphatic carbocycles. The Balaban J connectivity index is 3.66. The Morgan fingerprint density at radius 3 is 1.12 bits per heavy atom. The standard InChI is InChI=1S/C10H2N4O2/c11-1-5(2-12)7-8(6(3-13)4-14)10(16)9(7)15/h15-16H. The van der Waals surface area contributed by atoms with Gasteiger partial charge in [-0.3, -0.25) is 0 Å². The highest BCUT2D eigenvalue weighted by Gasteiger charge is 2.36. The van der Waals surface area contributed by atoms with E-state index in [4.69, 9.17) is 21.0 Å². The molecule has 0 unspecified atom stereocenters. The largest absolute Gasteiger partial charge is 0.504 e. The molecule has 0 radical (unpaired) electrons. The maximum absolute atomic E-state index is 9.24. The maximum Gasteiger partial charge on any atom is 0.168 e. The molecule has 1 aliphatic rings. The molecule has 16 heavy (non-hydrogen) atoms. The fraction of sp³-hybridized carbons (Fsp3) is 0. The first-order chi connectivity index (χ1) is 7.62. The van der Waals surface area contributed by atoms with E-state index in [-0.39, 0.29) is 11.1 Å². The molecular formula is C10H2N4O2. The van der Waals surface area contributed by atoms with E-state index in [0.29, 0.717) is 0 Å². The van der Waals surface area contributed by atoms with Crippen molar-refractivity contribution >= 4 is 0 Å². The van der Waals surface area contributed by atoms with Gasteiger partial charge in [0, 0.05) is 0 Å². The second-order valence-corrected chi connectivity index (χ2v) is 2.64. The van der Waals surface area contributed by atoms with Crippen molar-refractivity contribution in [1.82, 2.24) is 0 Å². The van der Waals surface area contributed by atoms with E-state index in [1.54, 1.807) is 0 Å². The zero-order chi connectivity index (χ0) is 12.3. The van der Waals surface area contributed by atoms with Crippen LogP contribution in [0.15, 0.2) is 33.8 Å². The predicted molar refractivity (Wildman–Crippen MR) is 48.8 cm³/mol. The molecule has 1 rings (SSSR count). The van der Waals surface area contributed by atoms with Gasteiger partial charge < -0.3 is 10.2 Å². The minimum absolute atomic E-state index is 0.263. The van der Waals surface area contributed by atoms with Gasteiger partial charge in [0.1, 0.15) is 35.4 Å². The van der Waals surface area contributed by atoms with Crippen molar-refractivity contribution in [3.05, 3.63) is 33.8 Å². The van der Waals surface area contributed by atoms with Crippen molar-refractivity contribution < 1.29 is 10.2 Å². The first kappa shape index (κ1) is 10.9. The fourth-order valence-electron chi connectivity index (χ4n) is 1.17. The predicted octanol–water partition coefficient (Wildman–Crippen LogP) is 1.02. The van der Waals surface area contributed by atoms with Gasteiger partial charge in [0.15, 0.2) is 11.5 Å². The first-order valence-corrected chi connectivity index (χ1v) is 3.84. The number of allylic oxidation sites excluding steroid dienone is 4. The zero-order valence-electron chi connectivity index (χ0n) is 7.68. The molecule has 0 heterocycles.